The largest absolute Gasteiger partial charge is 0.373 e. The summed E-state index contributed by atoms with van der Waals surface area (Å²) in [6, 6.07) is 14.1. The maximum Gasteiger partial charge on any atom is 0.160 e. The lowest BCUT2D eigenvalue weighted by molar-refractivity contribution is 0.509. The van der Waals surface area contributed by atoms with Crippen molar-refractivity contribution in [2.75, 3.05) is 10.6 Å². The average Bonchev–Trinajstić information content (AvgIpc) is 3.40. The second kappa shape index (κ2) is 9.56. The Morgan fingerprint density at radius 3 is 2.44 bits per heavy atom. The normalized spacial score (nSPS) is 11.8. The van der Waals surface area contributed by atoms with Crippen LogP contribution in [0.25, 0.3) is 10.9 Å². The quantitative estimate of drug-likeness (QED) is 0.252. The molecule has 36 heavy (non-hydrogen) atoms. The van der Waals surface area contributed by atoms with Gasteiger partial charge in [0.05, 0.1) is 34.0 Å². The van der Waals surface area contributed by atoms with Crippen LogP contribution in [0.1, 0.15) is 22.9 Å². The number of aromatic amines is 1. The van der Waals surface area contributed by atoms with E-state index in [9.17, 15) is 18.4 Å². The van der Waals surface area contributed by atoms with E-state index in [-0.39, 0.29) is 22.1 Å². The fourth-order valence-corrected chi connectivity index (χ4v) is 4.05. The third kappa shape index (κ3) is 4.52. The van der Waals surface area contributed by atoms with Gasteiger partial charge in [0.2, 0.25) is 0 Å². The summed E-state index contributed by atoms with van der Waals surface area (Å²) in [7, 11) is 0. The second-order valence-electron chi connectivity index (χ2n) is 7.79. The number of fused-ring (bicyclic) bond motifs is 1. The number of nitrogens with one attached hydrogen (secondary N) is 3. The van der Waals surface area contributed by atoms with Crippen LogP contribution in [-0.2, 0) is 0 Å². The molecule has 1 unspecified atom stereocenters. The van der Waals surface area contributed by atoms with E-state index in [1.807, 2.05) is 0 Å². The van der Waals surface area contributed by atoms with Crippen LogP contribution < -0.4 is 10.6 Å². The molecule has 0 aliphatic heterocycles. The van der Waals surface area contributed by atoms with Gasteiger partial charge in [0.1, 0.15) is 17.6 Å². The van der Waals surface area contributed by atoms with Crippen molar-refractivity contribution in [1.82, 2.24) is 20.4 Å². The number of pyridine rings is 1. The summed E-state index contributed by atoms with van der Waals surface area (Å²) in [6.07, 6.45) is 2.88. The zero-order valence-corrected chi connectivity index (χ0v) is 19.0. The Balaban J connectivity index is 1.61. The lowest BCUT2D eigenvalue weighted by Crippen LogP contribution is -2.13. The first kappa shape index (κ1) is 23.1. The molecule has 0 aliphatic carbocycles. The van der Waals surface area contributed by atoms with Gasteiger partial charge in [-0.05, 0) is 42.0 Å². The van der Waals surface area contributed by atoms with Crippen LogP contribution in [0, 0.1) is 28.8 Å². The second-order valence-corrected chi connectivity index (χ2v) is 8.20. The number of H-pyrrole nitrogens is 1. The van der Waals surface area contributed by atoms with Crippen LogP contribution in [0.2, 0.25) is 5.02 Å². The van der Waals surface area contributed by atoms with E-state index in [4.69, 9.17) is 11.6 Å². The Labute approximate surface area is 207 Å². The first-order valence-electron chi connectivity index (χ1n) is 10.5. The van der Waals surface area contributed by atoms with Gasteiger partial charge in [-0.15, -0.1) is 0 Å². The molecule has 11 heteroatoms. The van der Waals surface area contributed by atoms with E-state index in [0.717, 1.165) is 12.1 Å². The predicted molar refractivity (Wildman–Crippen MR) is 129 cm³/mol. The van der Waals surface area contributed by atoms with Crippen molar-refractivity contribution in [2.24, 2.45) is 0 Å². The van der Waals surface area contributed by atoms with Crippen molar-refractivity contribution >= 4 is 39.6 Å². The molecule has 2 aromatic heterocycles. The van der Waals surface area contributed by atoms with Gasteiger partial charge >= 0.3 is 0 Å². The minimum atomic E-state index is -1.04. The number of hydrogen-bond acceptors (Lipinski definition) is 6. The third-order valence-corrected chi connectivity index (χ3v) is 5.77. The third-order valence-electron chi connectivity index (χ3n) is 5.48. The highest BCUT2D eigenvalue weighted by Gasteiger charge is 2.19. The Kier molecular flexibility index (Phi) is 6.14. The van der Waals surface area contributed by atoms with Crippen molar-refractivity contribution in [3.8, 4) is 6.07 Å². The van der Waals surface area contributed by atoms with Gasteiger partial charge < -0.3 is 10.6 Å². The summed E-state index contributed by atoms with van der Waals surface area (Å²) in [4.78, 5) is 4.30. The summed E-state index contributed by atoms with van der Waals surface area (Å²) in [5.41, 5.74) is 2.92. The molecule has 5 aromatic rings. The highest BCUT2D eigenvalue weighted by Crippen LogP contribution is 2.36. The number of aromatic nitrogens is 4. The number of nitrogens with zero attached hydrogens (tertiary/aromatic N) is 4. The maximum atomic E-state index is 13.8. The zero-order valence-electron chi connectivity index (χ0n) is 18.2. The van der Waals surface area contributed by atoms with Crippen LogP contribution in [0.3, 0.4) is 0 Å². The minimum absolute atomic E-state index is 0.173. The molecule has 7 nitrogen and oxygen atoms in total. The molecule has 0 aliphatic rings. The fraction of sp³-hybridized carbons (Fsp3) is 0.0400. The number of anilines is 3. The Morgan fingerprint density at radius 1 is 0.944 bits per heavy atom. The fourth-order valence-electron chi connectivity index (χ4n) is 3.78. The molecule has 0 radical (unpaired) electrons. The number of halogens is 4. The van der Waals surface area contributed by atoms with E-state index >= 15 is 0 Å². The van der Waals surface area contributed by atoms with Crippen molar-refractivity contribution in [3.05, 3.63) is 106 Å². The Morgan fingerprint density at radius 2 is 1.75 bits per heavy atom. The Hall–Kier alpha value is -4.62. The topological polar surface area (TPSA) is 102 Å². The monoisotopic (exact) mass is 505 g/mol. The standard InChI is InChI=1S/C25H15ClF3N7/c26-19-8-17(34-24(22-12-32-36-35-22)13-1-3-15(27)4-2-13)7-18-23(14(10-30)11-31-25(18)19)33-16-5-6-20(28)21(29)9-16/h1-9,11-12,24,34H,(H,31,33)(H,32,35,36). The zero-order chi connectivity index (χ0) is 25.2. The molecule has 3 aromatic carbocycles. The average molecular weight is 506 g/mol. The SMILES string of the molecule is N#Cc1cnc2c(Cl)cc(NC(c3ccc(F)cc3)c3cn[nH]n3)cc2c1Nc1ccc(F)c(F)c1. The molecule has 1 atom stereocenters. The van der Waals surface area contributed by atoms with Crippen LogP contribution in [0.5, 0.6) is 0 Å². The molecule has 0 bridgehead atoms. The molecule has 5 rings (SSSR count). The van der Waals surface area contributed by atoms with Crippen molar-refractivity contribution in [3.63, 3.8) is 0 Å². The van der Waals surface area contributed by atoms with E-state index in [1.54, 1.807) is 24.3 Å². The molecule has 0 saturated carbocycles. The molecule has 0 fully saturated rings. The summed E-state index contributed by atoms with van der Waals surface area (Å²) < 4.78 is 40.8. The number of benzene rings is 3. The van der Waals surface area contributed by atoms with E-state index in [1.165, 1.54) is 30.6 Å². The van der Waals surface area contributed by atoms with Gasteiger partial charge in [0.15, 0.2) is 11.6 Å². The first-order chi connectivity index (χ1) is 17.4. The molecule has 2 heterocycles. The van der Waals surface area contributed by atoms with Gasteiger partial charge in [-0.25, -0.2) is 13.2 Å². The lowest BCUT2D eigenvalue weighted by atomic mass is 10.0. The summed E-state index contributed by atoms with van der Waals surface area (Å²) in [5, 5.41) is 27.3. The molecule has 0 saturated heterocycles. The van der Waals surface area contributed by atoms with Gasteiger partial charge in [0.25, 0.3) is 0 Å². The van der Waals surface area contributed by atoms with Gasteiger partial charge in [-0.3, -0.25) is 4.98 Å². The van der Waals surface area contributed by atoms with E-state index in [2.05, 4.69) is 37.1 Å². The van der Waals surface area contributed by atoms with E-state index < -0.39 is 17.7 Å². The minimum Gasteiger partial charge on any atom is -0.373 e. The first-order valence-corrected chi connectivity index (χ1v) is 10.9. The number of nitriles is 1. The molecule has 178 valence electrons. The van der Waals surface area contributed by atoms with Gasteiger partial charge in [-0.2, -0.15) is 20.7 Å². The number of hydrogen-bond donors (Lipinski definition) is 3. The smallest absolute Gasteiger partial charge is 0.160 e. The molecule has 3 N–H and O–H groups in total. The summed E-state index contributed by atoms with van der Waals surface area (Å²) in [5.74, 6) is -2.41. The molecular weight excluding hydrogens is 491 g/mol. The lowest BCUT2D eigenvalue weighted by Gasteiger charge is -2.20. The Bertz CT molecular complexity index is 1600. The van der Waals surface area contributed by atoms with Crippen molar-refractivity contribution in [1.29, 1.82) is 5.26 Å². The van der Waals surface area contributed by atoms with Crippen molar-refractivity contribution in [2.45, 2.75) is 6.04 Å². The van der Waals surface area contributed by atoms with Gasteiger partial charge in [-0.1, -0.05) is 23.7 Å². The summed E-state index contributed by atoms with van der Waals surface area (Å²) in [6.45, 7) is 0. The van der Waals surface area contributed by atoms with Gasteiger partial charge in [0, 0.05) is 29.0 Å². The van der Waals surface area contributed by atoms with Crippen LogP contribution in [0.4, 0.5) is 30.2 Å². The van der Waals surface area contributed by atoms with Crippen LogP contribution >= 0.6 is 11.6 Å². The highest BCUT2D eigenvalue weighted by atomic mass is 35.5. The predicted octanol–water partition coefficient (Wildman–Crippen LogP) is 6.24. The molecule has 0 spiro atoms. The maximum absolute atomic E-state index is 13.8. The highest BCUT2D eigenvalue weighted by molar-refractivity contribution is 6.36. The van der Waals surface area contributed by atoms with Crippen molar-refractivity contribution < 1.29 is 13.2 Å². The number of rotatable bonds is 6. The van der Waals surface area contributed by atoms with Crippen LogP contribution in [0.15, 0.2) is 67.0 Å². The van der Waals surface area contributed by atoms with Crippen LogP contribution in [-0.4, -0.2) is 20.4 Å². The van der Waals surface area contributed by atoms with E-state index in [0.29, 0.717) is 33.5 Å². The molecule has 0 amide bonds. The summed E-state index contributed by atoms with van der Waals surface area (Å²) >= 11 is 6.55. The molecular formula is C25H15ClF3N7.